The van der Waals surface area contributed by atoms with E-state index in [0.717, 1.165) is 38.9 Å². The minimum atomic E-state index is 0.377. The fourth-order valence-corrected chi connectivity index (χ4v) is 2.70. The molecule has 1 N–H and O–H groups in total. The standard InChI is InChI=1S/C15H30N2O/c1-3-5-6-7-10-15(18)17(12-4-2)14-9-8-11-16-13-14/h14,16H,3-13H2,1-2H3. The van der Waals surface area contributed by atoms with Gasteiger partial charge < -0.3 is 10.2 Å². The predicted octanol–water partition coefficient (Wildman–Crippen LogP) is 2.95. The molecule has 1 amide bonds. The van der Waals surface area contributed by atoms with Crippen molar-refractivity contribution in [3.05, 3.63) is 0 Å². The van der Waals surface area contributed by atoms with Gasteiger partial charge in [0, 0.05) is 25.6 Å². The largest absolute Gasteiger partial charge is 0.338 e. The van der Waals surface area contributed by atoms with Crippen LogP contribution in [0.5, 0.6) is 0 Å². The predicted molar refractivity (Wildman–Crippen MR) is 76.7 cm³/mol. The molecule has 0 aliphatic carbocycles. The molecule has 0 spiro atoms. The maximum Gasteiger partial charge on any atom is 0.222 e. The van der Waals surface area contributed by atoms with Crippen molar-refractivity contribution in [2.45, 2.75) is 71.3 Å². The molecule has 1 rings (SSSR count). The lowest BCUT2D eigenvalue weighted by Gasteiger charge is -2.34. The van der Waals surface area contributed by atoms with E-state index < -0.39 is 0 Å². The van der Waals surface area contributed by atoms with Crippen LogP contribution in [0.4, 0.5) is 0 Å². The molecule has 1 aliphatic heterocycles. The molecule has 1 heterocycles. The summed E-state index contributed by atoms with van der Waals surface area (Å²) in [5, 5.41) is 3.41. The second-order valence-corrected chi connectivity index (χ2v) is 5.40. The van der Waals surface area contributed by atoms with E-state index in [2.05, 4.69) is 24.1 Å². The molecule has 1 aliphatic rings. The van der Waals surface area contributed by atoms with Crippen LogP contribution in [0.25, 0.3) is 0 Å². The summed E-state index contributed by atoms with van der Waals surface area (Å²) in [5.74, 6) is 0.377. The molecule has 106 valence electrons. The fourth-order valence-electron chi connectivity index (χ4n) is 2.70. The number of hydrogen-bond acceptors (Lipinski definition) is 2. The van der Waals surface area contributed by atoms with Gasteiger partial charge in [-0.1, -0.05) is 33.1 Å². The molecule has 0 saturated carbocycles. The summed E-state index contributed by atoms with van der Waals surface area (Å²) in [4.78, 5) is 14.4. The maximum absolute atomic E-state index is 12.3. The van der Waals surface area contributed by atoms with E-state index in [-0.39, 0.29) is 0 Å². The molecule has 3 nitrogen and oxygen atoms in total. The first-order chi connectivity index (χ1) is 8.79. The molecular weight excluding hydrogens is 224 g/mol. The Balaban J connectivity index is 2.36. The molecule has 1 fully saturated rings. The van der Waals surface area contributed by atoms with Crippen LogP contribution in [0.1, 0.15) is 65.2 Å². The number of piperidine rings is 1. The number of nitrogens with one attached hydrogen (secondary N) is 1. The van der Waals surface area contributed by atoms with Gasteiger partial charge in [0.15, 0.2) is 0 Å². The zero-order valence-electron chi connectivity index (χ0n) is 12.2. The van der Waals surface area contributed by atoms with E-state index in [1.54, 1.807) is 0 Å². The fraction of sp³-hybridized carbons (Fsp3) is 0.933. The smallest absolute Gasteiger partial charge is 0.222 e. The van der Waals surface area contributed by atoms with E-state index >= 15 is 0 Å². The summed E-state index contributed by atoms with van der Waals surface area (Å²) in [6.07, 6.45) is 8.94. The Labute approximate surface area is 112 Å². The van der Waals surface area contributed by atoms with Gasteiger partial charge in [-0.3, -0.25) is 4.79 Å². The molecule has 0 radical (unpaired) electrons. The first-order valence-corrected chi connectivity index (χ1v) is 7.79. The third kappa shape index (κ3) is 5.38. The minimum absolute atomic E-state index is 0.377. The van der Waals surface area contributed by atoms with E-state index in [0.29, 0.717) is 11.9 Å². The van der Waals surface area contributed by atoms with E-state index in [9.17, 15) is 4.79 Å². The van der Waals surface area contributed by atoms with Crippen LogP contribution in [-0.4, -0.2) is 36.5 Å². The molecule has 0 aromatic heterocycles. The van der Waals surface area contributed by atoms with Crippen LogP contribution in [0.15, 0.2) is 0 Å². The van der Waals surface area contributed by atoms with Crippen molar-refractivity contribution in [1.29, 1.82) is 0 Å². The summed E-state index contributed by atoms with van der Waals surface area (Å²) in [6, 6.07) is 0.442. The Morgan fingerprint density at radius 3 is 2.67 bits per heavy atom. The number of rotatable bonds is 8. The van der Waals surface area contributed by atoms with Gasteiger partial charge in [-0.15, -0.1) is 0 Å². The van der Waals surface area contributed by atoms with Crippen molar-refractivity contribution >= 4 is 5.91 Å². The molecule has 0 bridgehead atoms. The third-order valence-corrected chi connectivity index (χ3v) is 3.74. The van der Waals surface area contributed by atoms with Gasteiger partial charge in [-0.05, 0) is 32.2 Å². The summed E-state index contributed by atoms with van der Waals surface area (Å²) in [6.45, 7) is 7.40. The molecule has 1 saturated heterocycles. The summed E-state index contributed by atoms with van der Waals surface area (Å²) in [5.41, 5.74) is 0. The lowest BCUT2D eigenvalue weighted by molar-refractivity contribution is -0.134. The van der Waals surface area contributed by atoms with Crippen LogP contribution in [0.2, 0.25) is 0 Å². The number of nitrogens with zero attached hydrogens (tertiary/aromatic N) is 1. The van der Waals surface area contributed by atoms with Gasteiger partial charge in [0.05, 0.1) is 0 Å². The second-order valence-electron chi connectivity index (χ2n) is 5.40. The topological polar surface area (TPSA) is 32.3 Å². The van der Waals surface area contributed by atoms with Crippen LogP contribution in [0.3, 0.4) is 0 Å². The Kier molecular flexibility index (Phi) is 8.06. The van der Waals surface area contributed by atoms with Crippen molar-refractivity contribution in [2.24, 2.45) is 0 Å². The second kappa shape index (κ2) is 9.37. The lowest BCUT2D eigenvalue weighted by Crippen LogP contribution is -2.48. The highest BCUT2D eigenvalue weighted by Gasteiger charge is 2.23. The van der Waals surface area contributed by atoms with E-state index in [4.69, 9.17) is 0 Å². The van der Waals surface area contributed by atoms with Crippen LogP contribution < -0.4 is 5.32 Å². The first kappa shape index (κ1) is 15.5. The maximum atomic E-state index is 12.3. The van der Waals surface area contributed by atoms with Crippen molar-refractivity contribution < 1.29 is 4.79 Å². The average Bonchev–Trinajstić information content (AvgIpc) is 2.41. The number of amides is 1. The highest BCUT2D eigenvalue weighted by atomic mass is 16.2. The molecule has 0 aromatic rings. The molecule has 3 heteroatoms. The lowest BCUT2D eigenvalue weighted by atomic mass is 10.0. The SMILES string of the molecule is CCCCCCC(=O)N(CCC)C1CCCNC1. The summed E-state index contributed by atoms with van der Waals surface area (Å²) < 4.78 is 0. The van der Waals surface area contributed by atoms with E-state index in [1.807, 2.05) is 0 Å². The normalized spacial score (nSPS) is 19.8. The van der Waals surface area contributed by atoms with Crippen LogP contribution in [0, 0.1) is 0 Å². The molecule has 1 atom stereocenters. The van der Waals surface area contributed by atoms with Crippen molar-refractivity contribution in [3.63, 3.8) is 0 Å². The van der Waals surface area contributed by atoms with E-state index in [1.165, 1.54) is 32.1 Å². The highest BCUT2D eigenvalue weighted by Crippen LogP contribution is 2.14. The Bertz CT molecular complexity index is 225. The average molecular weight is 254 g/mol. The Morgan fingerprint density at radius 2 is 2.06 bits per heavy atom. The number of carbonyl (C=O) groups is 1. The van der Waals surface area contributed by atoms with Gasteiger partial charge in [-0.25, -0.2) is 0 Å². The van der Waals surface area contributed by atoms with Crippen molar-refractivity contribution in [3.8, 4) is 0 Å². The number of hydrogen-bond donors (Lipinski definition) is 1. The quantitative estimate of drug-likeness (QED) is 0.675. The Hall–Kier alpha value is -0.570. The number of carbonyl (C=O) groups excluding carboxylic acids is 1. The third-order valence-electron chi connectivity index (χ3n) is 3.74. The molecular formula is C15H30N2O. The van der Waals surface area contributed by atoms with Gasteiger partial charge in [0.25, 0.3) is 0 Å². The molecule has 1 unspecified atom stereocenters. The summed E-state index contributed by atoms with van der Waals surface area (Å²) >= 11 is 0. The van der Waals surface area contributed by atoms with Crippen LogP contribution in [-0.2, 0) is 4.79 Å². The van der Waals surface area contributed by atoms with Gasteiger partial charge in [-0.2, -0.15) is 0 Å². The Morgan fingerprint density at radius 1 is 1.22 bits per heavy atom. The minimum Gasteiger partial charge on any atom is -0.338 e. The summed E-state index contributed by atoms with van der Waals surface area (Å²) in [7, 11) is 0. The van der Waals surface area contributed by atoms with Crippen LogP contribution >= 0.6 is 0 Å². The zero-order chi connectivity index (χ0) is 13.2. The molecule has 18 heavy (non-hydrogen) atoms. The van der Waals surface area contributed by atoms with Gasteiger partial charge >= 0.3 is 0 Å². The monoisotopic (exact) mass is 254 g/mol. The van der Waals surface area contributed by atoms with Gasteiger partial charge in [0.1, 0.15) is 0 Å². The highest BCUT2D eigenvalue weighted by molar-refractivity contribution is 5.76. The number of unbranched alkanes of at least 4 members (excludes halogenated alkanes) is 3. The molecule has 0 aromatic carbocycles. The van der Waals surface area contributed by atoms with Crippen molar-refractivity contribution in [1.82, 2.24) is 10.2 Å². The first-order valence-electron chi connectivity index (χ1n) is 7.79. The van der Waals surface area contributed by atoms with Crippen molar-refractivity contribution in [2.75, 3.05) is 19.6 Å². The van der Waals surface area contributed by atoms with Gasteiger partial charge in [0.2, 0.25) is 5.91 Å². The zero-order valence-corrected chi connectivity index (χ0v) is 12.2.